The van der Waals surface area contributed by atoms with Crippen molar-refractivity contribution >= 4 is 11.8 Å². The molecule has 1 aliphatic heterocycles. The lowest BCUT2D eigenvalue weighted by Gasteiger charge is -2.26. The maximum Gasteiger partial charge on any atom is 0.309 e. The van der Waals surface area contributed by atoms with Crippen LogP contribution in [0.15, 0.2) is 24.3 Å². The van der Waals surface area contributed by atoms with E-state index in [0.29, 0.717) is 13.1 Å². The number of nitrogens with one attached hydrogen (secondary N) is 2. The van der Waals surface area contributed by atoms with E-state index in [1.54, 1.807) is 0 Å². The number of hydrogen-bond donors (Lipinski definition) is 2. The average Bonchev–Trinajstić information content (AvgIpc) is 2.57. The molecule has 2 N–H and O–H groups in total. The van der Waals surface area contributed by atoms with E-state index in [1.807, 2.05) is 31.2 Å². The first-order chi connectivity index (χ1) is 11.1. The second kappa shape index (κ2) is 9.27. The van der Waals surface area contributed by atoms with Crippen molar-refractivity contribution in [3.05, 3.63) is 35.4 Å². The zero-order valence-electron chi connectivity index (χ0n) is 13.6. The molecule has 6 nitrogen and oxygen atoms in total. The minimum Gasteiger partial charge on any atom is -0.379 e. The molecule has 1 fully saturated rings. The zero-order chi connectivity index (χ0) is 16.5. The maximum absolute atomic E-state index is 11.7. The first-order valence-electron chi connectivity index (χ1n) is 8.07. The Bertz CT molecular complexity index is 528. The molecule has 1 heterocycles. The summed E-state index contributed by atoms with van der Waals surface area (Å²) in [5.41, 5.74) is 2.11. The van der Waals surface area contributed by atoms with Gasteiger partial charge in [0.25, 0.3) is 0 Å². The number of benzene rings is 1. The molecule has 0 aromatic heterocycles. The molecule has 2 rings (SSSR count). The van der Waals surface area contributed by atoms with E-state index in [4.69, 9.17) is 4.74 Å². The fraction of sp³-hybridized carbons (Fsp3) is 0.529. The standard InChI is InChI=1S/C17H25N3O3/c1-14-4-2-5-15(12-14)13-19-17(22)16(21)18-6-3-7-20-8-10-23-11-9-20/h2,4-5,12H,3,6-11,13H2,1H3,(H,18,21)(H,19,22). The van der Waals surface area contributed by atoms with Gasteiger partial charge in [-0.15, -0.1) is 0 Å². The van der Waals surface area contributed by atoms with Crippen molar-refractivity contribution < 1.29 is 14.3 Å². The smallest absolute Gasteiger partial charge is 0.309 e. The number of aryl methyl sites for hydroxylation is 1. The predicted molar refractivity (Wildman–Crippen MR) is 87.9 cm³/mol. The second-order valence-corrected chi connectivity index (χ2v) is 5.74. The number of carbonyl (C=O) groups is 2. The molecule has 0 bridgehead atoms. The van der Waals surface area contributed by atoms with Crippen LogP contribution in [0.5, 0.6) is 0 Å². The first kappa shape index (κ1) is 17.4. The monoisotopic (exact) mass is 319 g/mol. The normalized spacial score (nSPS) is 15.2. The number of carbonyl (C=O) groups excluding carboxylic acids is 2. The van der Waals surface area contributed by atoms with E-state index < -0.39 is 11.8 Å². The van der Waals surface area contributed by atoms with Crippen molar-refractivity contribution in [2.75, 3.05) is 39.4 Å². The van der Waals surface area contributed by atoms with Crippen LogP contribution in [0.25, 0.3) is 0 Å². The van der Waals surface area contributed by atoms with Crippen LogP contribution in [-0.4, -0.2) is 56.1 Å². The second-order valence-electron chi connectivity index (χ2n) is 5.74. The Morgan fingerprint density at radius 3 is 2.65 bits per heavy atom. The molecule has 1 saturated heterocycles. The molecule has 1 aromatic carbocycles. The molecule has 1 aliphatic rings. The highest BCUT2D eigenvalue weighted by molar-refractivity contribution is 6.35. The van der Waals surface area contributed by atoms with E-state index in [2.05, 4.69) is 15.5 Å². The Labute approximate surface area is 137 Å². The Morgan fingerprint density at radius 2 is 1.91 bits per heavy atom. The largest absolute Gasteiger partial charge is 0.379 e. The van der Waals surface area contributed by atoms with Gasteiger partial charge in [0.05, 0.1) is 13.2 Å². The molecule has 0 aliphatic carbocycles. The Morgan fingerprint density at radius 1 is 1.17 bits per heavy atom. The molecule has 2 amide bonds. The van der Waals surface area contributed by atoms with E-state index in [9.17, 15) is 9.59 Å². The fourth-order valence-corrected chi connectivity index (χ4v) is 2.49. The third-order valence-corrected chi connectivity index (χ3v) is 3.78. The average molecular weight is 319 g/mol. The van der Waals surface area contributed by atoms with E-state index in [-0.39, 0.29) is 0 Å². The van der Waals surface area contributed by atoms with Crippen molar-refractivity contribution in [1.29, 1.82) is 0 Å². The highest BCUT2D eigenvalue weighted by Crippen LogP contribution is 2.03. The molecule has 0 spiro atoms. The van der Waals surface area contributed by atoms with Crippen LogP contribution in [-0.2, 0) is 20.9 Å². The molecule has 0 atom stereocenters. The van der Waals surface area contributed by atoms with Crippen LogP contribution in [0, 0.1) is 6.92 Å². The van der Waals surface area contributed by atoms with E-state index in [0.717, 1.165) is 50.4 Å². The summed E-state index contributed by atoms with van der Waals surface area (Å²) in [5, 5.41) is 5.30. The van der Waals surface area contributed by atoms with Gasteiger partial charge in [-0.1, -0.05) is 29.8 Å². The Balaban J connectivity index is 1.60. The highest BCUT2D eigenvalue weighted by atomic mass is 16.5. The maximum atomic E-state index is 11.7. The third-order valence-electron chi connectivity index (χ3n) is 3.78. The summed E-state index contributed by atoms with van der Waals surface area (Å²) < 4.78 is 5.28. The van der Waals surface area contributed by atoms with Gasteiger partial charge in [0.15, 0.2) is 0 Å². The lowest BCUT2D eigenvalue weighted by Crippen LogP contribution is -2.41. The number of nitrogens with zero attached hydrogens (tertiary/aromatic N) is 1. The Kier molecular flexibility index (Phi) is 7.03. The molecule has 6 heteroatoms. The molecule has 1 aromatic rings. The summed E-state index contributed by atoms with van der Waals surface area (Å²) in [7, 11) is 0. The van der Waals surface area contributed by atoms with Crippen LogP contribution >= 0.6 is 0 Å². The lowest BCUT2D eigenvalue weighted by molar-refractivity contribution is -0.139. The number of rotatable bonds is 6. The van der Waals surface area contributed by atoms with Crippen LogP contribution in [0.1, 0.15) is 17.5 Å². The van der Waals surface area contributed by atoms with Gasteiger partial charge in [-0.25, -0.2) is 0 Å². The predicted octanol–water partition coefficient (Wildman–Crippen LogP) is 0.450. The third kappa shape index (κ3) is 6.38. The van der Waals surface area contributed by atoms with E-state index >= 15 is 0 Å². The fourth-order valence-electron chi connectivity index (χ4n) is 2.49. The summed E-state index contributed by atoms with van der Waals surface area (Å²) in [6.45, 7) is 7.19. The van der Waals surface area contributed by atoms with Gasteiger partial charge >= 0.3 is 11.8 Å². The van der Waals surface area contributed by atoms with Crippen molar-refractivity contribution in [2.45, 2.75) is 19.9 Å². The minimum absolute atomic E-state index is 0.363. The molecule has 23 heavy (non-hydrogen) atoms. The van der Waals surface area contributed by atoms with Crippen molar-refractivity contribution in [3.63, 3.8) is 0 Å². The van der Waals surface area contributed by atoms with Gasteiger partial charge in [-0.05, 0) is 25.5 Å². The van der Waals surface area contributed by atoms with Gasteiger partial charge in [-0.2, -0.15) is 0 Å². The topological polar surface area (TPSA) is 70.7 Å². The van der Waals surface area contributed by atoms with Crippen LogP contribution in [0.2, 0.25) is 0 Å². The number of hydrogen-bond acceptors (Lipinski definition) is 4. The zero-order valence-corrected chi connectivity index (χ0v) is 13.6. The summed E-state index contributed by atoms with van der Waals surface area (Å²) in [6, 6.07) is 7.84. The van der Waals surface area contributed by atoms with Gasteiger partial charge in [0, 0.05) is 26.2 Å². The quantitative estimate of drug-likeness (QED) is 0.590. The highest BCUT2D eigenvalue weighted by Gasteiger charge is 2.13. The summed E-state index contributed by atoms with van der Waals surface area (Å²) in [5.74, 6) is -1.16. The summed E-state index contributed by atoms with van der Waals surface area (Å²) in [6.07, 6.45) is 0.830. The van der Waals surface area contributed by atoms with Crippen LogP contribution < -0.4 is 10.6 Å². The molecular weight excluding hydrogens is 294 g/mol. The van der Waals surface area contributed by atoms with Gasteiger partial charge < -0.3 is 15.4 Å². The Hall–Kier alpha value is -1.92. The number of morpholine rings is 1. The van der Waals surface area contributed by atoms with Crippen molar-refractivity contribution in [2.24, 2.45) is 0 Å². The van der Waals surface area contributed by atoms with E-state index in [1.165, 1.54) is 0 Å². The lowest BCUT2D eigenvalue weighted by atomic mass is 10.1. The molecular formula is C17H25N3O3. The molecule has 0 radical (unpaired) electrons. The number of ether oxygens (including phenoxy) is 1. The summed E-state index contributed by atoms with van der Waals surface area (Å²) >= 11 is 0. The molecule has 0 saturated carbocycles. The van der Waals surface area contributed by atoms with Gasteiger partial charge in [-0.3, -0.25) is 14.5 Å². The number of amides is 2. The van der Waals surface area contributed by atoms with Crippen LogP contribution in [0.4, 0.5) is 0 Å². The minimum atomic E-state index is -0.585. The van der Waals surface area contributed by atoms with Crippen molar-refractivity contribution in [3.8, 4) is 0 Å². The van der Waals surface area contributed by atoms with Crippen molar-refractivity contribution in [1.82, 2.24) is 15.5 Å². The van der Waals surface area contributed by atoms with Crippen LogP contribution in [0.3, 0.4) is 0 Å². The van der Waals surface area contributed by atoms with Gasteiger partial charge in [0.2, 0.25) is 0 Å². The van der Waals surface area contributed by atoms with Gasteiger partial charge in [0.1, 0.15) is 0 Å². The first-order valence-corrected chi connectivity index (χ1v) is 8.07. The summed E-state index contributed by atoms with van der Waals surface area (Å²) in [4.78, 5) is 25.8. The molecule has 0 unspecified atom stereocenters. The SMILES string of the molecule is Cc1cccc(CNC(=O)C(=O)NCCCN2CCOCC2)c1. The molecule has 126 valence electrons.